The fourth-order valence-electron chi connectivity index (χ4n) is 3.44. The summed E-state index contributed by atoms with van der Waals surface area (Å²) in [5.41, 5.74) is 2.62. The minimum absolute atomic E-state index is 0.215. The Morgan fingerprint density at radius 2 is 1.86 bits per heavy atom. The molecular formula is C19H28N2O. The molecule has 0 bridgehead atoms. The van der Waals surface area contributed by atoms with Gasteiger partial charge in [-0.1, -0.05) is 31.2 Å². The third kappa shape index (κ3) is 3.70. The average molecular weight is 300 g/mol. The molecule has 120 valence electrons. The van der Waals surface area contributed by atoms with Crippen molar-refractivity contribution in [3.05, 3.63) is 35.4 Å². The maximum Gasteiger partial charge on any atom is 0.226 e. The van der Waals surface area contributed by atoms with Crippen LogP contribution < -0.4 is 5.32 Å². The number of hydrogen-bond donors (Lipinski definition) is 1. The highest BCUT2D eigenvalue weighted by Crippen LogP contribution is 2.31. The first-order valence-electron chi connectivity index (χ1n) is 8.79. The normalized spacial score (nSPS) is 25.0. The van der Waals surface area contributed by atoms with Gasteiger partial charge in [0.1, 0.15) is 0 Å². The van der Waals surface area contributed by atoms with Crippen molar-refractivity contribution >= 4 is 5.91 Å². The van der Waals surface area contributed by atoms with Crippen molar-refractivity contribution < 1.29 is 4.79 Å². The van der Waals surface area contributed by atoms with Gasteiger partial charge in [0, 0.05) is 24.5 Å². The van der Waals surface area contributed by atoms with E-state index in [0.717, 1.165) is 32.4 Å². The van der Waals surface area contributed by atoms with E-state index in [-0.39, 0.29) is 5.92 Å². The van der Waals surface area contributed by atoms with E-state index in [4.69, 9.17) is 0 Å². The molecule has 3 heteroatoms. The summed E-state index contributed by atoms with van der Waals surface area (Å²) in [6.45, 7) is 6.12. The summed E-state index contributed by atoms with van der Waals surface area (Å²) in [5, 5.41) is 3.44. The third-order valence-electron chi connectivity index (χ3n) is 5.03. The Hall–Kier alpha value is -1.35. The molecule has 3 rings (SSSR count). The topological polar surface area (TPSA) is 32.3 Å². The van der Waals surface area contributed by atoms with Gasteiger partial charge in [-0.05, 0) is 56.7 Å². The standard InChI is InChI=1S/C19H28N2O/c1-3-15-4-6-16(7-5-15)13-21(18-8-9-18)19(22)17-10-11-20-14(2)12-17/h4-7,14,17-18,20H,3,8-13H2,1-2H3/t14-,17-/m0/s1. The number of nitrogens with one attached hydrogen (secondary N) is 1. The van der Waals surface area contributed by atoms with Crippen LogP contribution in [0, 0.1) is 5.92 Å². The van der Waals surface area contributed by atoms with Crippen LogP contribution in [-0.4, -0.2) is 29.4 Å². The van der Waals surface area contributed by atoms with Gasteiger partial charge in [0.25, 0.3) is 0 Å². The Balaban J connectivity index is 1.67. The van der Waals surface area contributed by atoms with Gasteiger partial charge in [-0.15, -0.1) is 0 Å². The van der Waals surface area contributed by atoms with E-state index in [1.54, 1.807) is 0 Å². The van der Waals surface area contributed by atoms with E-state index in [2.05, 4.69) is 48.3 Å². The lowest BCUT2D eigenvalue weighted by Crippen LogP contribution is -2.44. The number of aryl methyl sites for hydroxylation is 1. The van der Waals surface area contributed by atoms with E-state index >= 15 is 0 Å². The zero-order valence-electron chi connectivity index (χ0n) is 13.8. The molecule has 0 unspecified atom stereocenters. The lowest BCUT2D eigenvalue weighted by Gasteiger charge is -2.32. The summed E-state index contributed by atoms with van der Waals surface area (Å²) in [7, 11) is 0. The Bertz CT molecular complexity index is 507. The first kappa shape index (κ1) is 15.5. The van der Waals surface area contributed by atoms with Crippen molar-refractivity contribution in [1.82, 2.24) is 10.2 Å². The molecule has 0 radical (unpaired) electrons. The van der Waals surface area contributed by atoms with Gasteiger partial charge in [0.2, 0.25) is 5.91 Å². The van der Waals surface area contributed by atoms with Crippen LogP contribution >= 0.6 is 0 Å². The minimum Gasteiger partial charge on any atom is -0.335 e. The molecule has 2 atom stereocenters. The number of hydrogen-bond acceptors (Lipinski definition) is 2. The number of amides is 1. The van der Waals surface area contributed by atoms with Crippen molar-refractivity contribution in [2.45, 2.75) is 64.6 Å². The van der Waals surface area contributed by atoms with E-state index in [1.165, 1.54) is 24.0 Å². The molecular weight excluding hydrogens is 272 g/mol. The minimum atomic E-state index is 0.215. The second-order valence-corrected chi connectivity index (χ2v) is 6.94. The number of carbonyl (C=O) groups is 1. The number of benzene rings is 1. The molecule has 1 saturated carbocycles. The van der Waals surface area contributed by atoms with E-state index in [0.29, 0.717) is 18.0 Å². The van der Waals surface area contributed by atoms with Gasteiger partial charge in [0.15, 0.2) is 0 Å². The Morgan fingerprint density at radius 3 is 2.45 bits per heavy atom. The van der Waals surface area contributed by atoms with Crippen LogP contribution in [0.15, 0.2) is 24.3 Å². The van der Waals surface area contributed by atoms with Crippen LogP contribution in [0.1, 0.15) is 50.7 Å². The van der Waals surface area contributed by atoms with E-state index in [1.807, 2.05) is 0 Å². The predicted octanol–water partition coefficient (Wildman–Crippen LogP) is 3.13. The number of rotatable bonds is 5. The summed E-state index contributed by atoms with van der Waals surface area (Å²) >= 11 is 0. The third-order valence-corrected chi connectivity index (χ3v) is 5.03. The molecule has 2 fully saturated rings. The van der Waals surface area contributed by atoms with Gasteiger partial charge >= 0.3 is 0 Å². The van der Waals surface area contributed by atoms with Crippen molar-refractivity contribution in [3.8, 4) is 0 Å². The molecule has 1 saturated heterocycles. The Kier molecular flexibility index (Phi) is 4.82. The quantitative estimate of drug-likeness (QED) is 0.906. The summed E-state index contributed by atoms with van der Waals surface area (Å²) in [6, 6.07) is 9.71. The summed E-state index contributed by atoms with van der Waals surface area (Å²) in [5.74, 6) is 0.599. The SMILES string of the molecule is CCc1ccc(CN(C(=O)[C@H]2CCN[C@@H](C)C2)C2CC2)cc1. The number of carbonyl (C=O) groups excluding carboxylic acids is 1. The predicted molar refractivity (Wildman–Crippen MR) is 89.6 cm³/mol. The molecule has 1 amide bonds. The van der Waals surface area contributed by atoms with Gasteiger partial charge in [-0.3, -0.25) is 4.79 Å². The highest BCUT2D eigenvalue weighted by Gasteiger charge is 2.36. The highest BCUT2D eigenvalue weighted by atomic mass is 16.2. The van der Waals surface area contributed by atoms with Crippen LogP contribution in [-0.2, 0) is 17.8 Å². The van der Waals surface area contributed by atoms with Crippen LogP contribution in [0.3, 0.4) is 0 Å². The number of piperidine rings is 1. The van der Waals surface area contributed by atoms with E-state index < -0.39 is 0 Å². The average Bonchev–Trinajstić information content (AvgIpc) is 3.37. The van der Waals surface area contributed by atoms with Gasteiger partial charge in [-0.25, -0.2) is 0 Å². The van der Waals surface area contributed by atoms with Crippen LogP contribution in [0.25, 0.3) is 0 Å². The van der Waals surface area contributed by atoms with Crippen LogP contribution in [0.5, 0.6) is 0 Å². The molecule has 1 aromatic carbocycles. The summed E-state index contributed by atoms with van der Waals surface area (Å²) in [4.78, 5) is 15.1. The zero-order chi connectivity index (χ0) is 15.5. The van der Waals surface area contributed by atoms with Crippen LogP contribution in [0.4, 0.5) is 0 Å². The lowest BCUT2D eigenvalue weighted by atomic mass is 9.91. The van der Waals surface area contributed by atoms with Gasteiger partial charge in [-0.2, -0.15) is 0 Å². The molecule has 1 heterocycles. The van der Waals surface area contributed by atoms with Gasteiger partial charge < -0.3 is 10.2 Å². The molecule has 1 aliphatic carbocycles. The molecule has 1 N–H and O–H groups in total. The molecule has 2 aliphatic rings. The monoisotopic (exact) mass is 300 g/mol. The second kappa shape index (κ2) is 6.82. The fourth-order valence-corrected chi connectivity index (χ4v) is 3.44. The van der Waals surface area contributed by atoms with Crippen LogP contribution in [0.2, 0.25) is 0 Å². The molecule has 22 heavy (non-hydrogen) atoms. The van der Waals surface area contributed by atoms with Crippen molar-refractivity contribution in [2.75, 3.05) is 6.54 Å². The number of nitrogens with zero attached hydrogens (tertiary/aromatic N) is 1. The smallest absolute Gasteiger partial charge is 0.226 e. The lowest BCUT2D eigenvalue weighted by molar-refractivity contribution is -0.138. The van der Waals surface area contributed by atoms with Crippen molar-refractivity contribution in [2.24, 2.45) is 5.92 Å². The van der Waals surface area contributed by atoms with Crippen molar-refractivity contribution in [1.29, 1.82) is 0 Å². The Morgan fingerprint density at radius 1 is 1.18 bits per heavy atom. The van der Waals surface area contributed by atoms with Crippen molar-refractivity contribution in [3.63, 3.8) is 0 Å². The molecule has 1 aliphatic heterocycles. The molecule has 1 aromatic rings. The first-order chi connectivity index (χ1) is 10.7. The van der Waals surface area contributed by atoms with E-state index in [9.17, 15) is 4.79 Å². The largest absolute Gasteiger partial charge is 0.335 e. The highest BCUT2D eigenvalue weighted by molar-refractivity contribution is 5.79. The zero-order valence-corrected chi connectivity index (χ0v) is 13.8. The van der Waals surface area contributed by atoms with Gasteiger partial charge in [0.05, 0.1) is 0 Å². The Labute approximate surface area is 134 Å². The molecule has 0 aromatic heterocycles. The summed E-state index contributed by atoms with van der Waals surface area (Å²) < 4.78 is 0. The maximum atomic E-state index is 13.0. The molecule has 0 spiro atoms. The summed E-state index contributed by atoms with van der Waals surface area (Å²) in [6.07, 6.45) is 5.40. The fraction of sp³-hybridized carbons (Fsp3) is 0.632. The second-order valence-electron chi connectivity index (χ2n) is 6.94. The maximum absolute atomic E-state index is 13.0. The molecule has 3 nitrogen and oxygen atoms in total. The first-order valence-corrected chi connectivity index (χ1v) is 8.79.